The van der Waals surface area contributed by atoms with E-state index in [1.165, 1.54) is 30.6 Å². The topological polar surface area (TPSA) is 74.3 Å². The first-order valence-electron chi connectivity index (χ1n) is 8.77. The van der Waals surface area contributed by atoms with Gasteiger partial charge in [0.2, 0.25) is 0 Å². The fourth-order valence-corrected chi connectivity index (χ4v) is 3.72. The van der Waals surface area contributed by atoms with Crippen LogP contribution in [0.3, 0.4) is 0 Å². The van der Waals surface area contributed by atoms with Gasteiger partial charge in [0.1, 0.15) is 5.54 Å². The molecule has 1 aromatic rings. The summed E-state index contributed by atoms with van der Waals surface area (Å²) in [5.41, 5.74) is 0.241. The zero-order valence-electron chi connectivity index (χ0n) is 14.4. The number of carbonyl (C=O) groups excluding carboxylic acids is 2. The Morgan fingerprint density at radius 3 is 2.67 bits per heavy atom. The second-order valence-electron chi connectivity index (χ2n) is 7.24. The summed E-state index contributed by atoms with van der Waals surface area (Å²) in [6.07, 6.45) is 6.74. The average molecular weight is 330 g/mol. The summed E-state index contributed by atoms with van der Waals surface area (Å²) >= 11 is 0. The summed E-state index contributed by atoms with van der Waals surface area (Å²) in [5.74, 6) is 0.406. The fourth-order valence-electron chi connectivity index (χ4n) is 3.72. The third kappa shape index (κ3) is 3.43. The lowest BCUT2D eigenvalue weighted by atomic mass is 9.95. The van der Waals surface area contributed by atoms with Gasteiger partial charge in [-0.15, -0.1) is 0 Å². The first kappa shape index (κ1) is 16.9. The Balaban J connectivity index is 1.62. The van der Waals surface area contributed by atoms with Gasteiger partial charge in [-0.05, 0) is 44.7 Å². The van der Waals surface area contributed by atoms with Gasteiger partial charge in [-0.1, -0.05) is 18.9 Å². The van der Waals surface area contributed by atoms with Gasteiger partial charge in [0.15, 0.2) is 0 Å². The van der Waals surface area contributed by atoms with Gasteiger partial charge in [-0.2, -0.15) is 0 Å². The maximum absolute atomic E-state index is 12.2. The molecule has 2 fully saturated rings. The largest absolute Gasteiger partial charge is 0.325 e. The van der Waals surface area contributed by atoms with Crippen LogP contribution in [0, 0.1) is 5.92 Å². The monoisotopic (exact) mass is 330 g/mol. The zero-order valence-corrected chi connectivity index (χ0v) is 14.4. The third-order valence-electron chi connectivity index (χ3n) is 5.02. The molecule has 6 heteroatoms. The maximum atomic E-state index is 12.2. The molecule has 1 aliphatic carbocycles. The molecule has 0 bridgehead atoms. The normalized spacial score (nSPS) is 22.0. The smallest absolute Gasteiger partial charge is 0.324 e. The lowest BCUT2D eigenvalue weighted by Gasteiger charge is -2.25. The van der Waals surface area contributed by atoms with Gasteiger partial charge >= 0.3 is 6.03 Å². The number of nitrogens with one attached hydrogen (secondary N) is 2. The van der Waals surface area contributed by atoms with E-state index in [1.807, 2.05) is 24.4 Å². The first-order valence-corrected chi connectivity index (χ1v) is 8.77. The zero-order chi connectivity index (χ0) is 17.2. The number of nitrogens with zero attached hydrogens (tertiary/aromatic N) is 2. The number of amides is 3. The van der Waals surface area contributed by atoms with Gasteiger partial charge in [0, 0.05) is 19.3 Å². The Morgan fingerprint density at radius 2 is 2.08 bits per heavy atom. The van der Waals surface area contributed by atoms with E-state index in [9.17, 15) is 9.59 Å². The number of hydrogen-bond donors (Lipinski definition) is 2. The highest BCUT2D eigenvalue weighted by atomic mass is 16.2. The molecule has 1 aliphatic heterocycles. The molecule has 2 aliphatic rings. The van der Waals surface area contributed by atoms with Crippen LogP contribution in [-0.2, 0) is 4.79 Å². The van der Waals surface area contributed by atoms with Crippen LogP contribution in [0.5, 0.6) is 0 Å². The van der Waals surface area contributed by atoms with Crippen LogP contribution in [0.2, 0.25) is 0 Å². The van der Waals surface area contributed by atoms with Crippen LogP contribution in [-0.4, -0.2) is 40.5 Å². The molecule has 0 spiro atoms. The molecule has 0 radical (unpaired) electrons. The molecule has 3 amide bonds. The Hall–Kier alpha value is -1.95. The highest BCUT2D eigenvalue weighted by Crippen LogP contribution is 2.34. The molecule has 1 unspecified atom stereocenters. The minimum Gasteiger partial charge on any atom is -0.324 e. The lowest BCUT2D eigenvalue weighted by molar-refractivity contribution is -0.130. The predicted molar refractivity (Wildman–Crippen MR) is 91.3 cm³/mol. The van der Waals surface area contributed by atoms with E-state index in [1.54, 1.807) is 13.8 Å². The van der Waals surface area contributed by atoms with Gasteiger partial charge in [0.25, 0.3) is 5.91 Å². The highest BCUT2D eigenvalue weighted by Gasteiger charge is 2.43. The van der Waals surface area contributed by atoms with Gasteiger partial charge < -0.3 is 10.6 Å². The molecule has 1 saturated heterocycles. The minimum absolute atomic E-state index is 0.162. The van der Waals surface area contributed by atoms with Crippen LogP contribution in [0.1, 0.15) is 51.3 Å². The van der Waals surface area contributed by atoms with Gasteiger partial charge in [-0.25, -0.2) is 4.79 Å². The van der Waals surface area contributed by atoms with E-state index in [-0.39, 0.29) is 18.0 Å². The molecule has 130 valence electrons. The summed E-state index contributed by atoms with van der Waals surface area (Å²) < 4.78 is 0. The molecular weight excluding hydrogens is 304 g/mol. The van der Waals surface area contributed by atoms with Crippen LogP contribution >= 0.6 is 0 Å². The highest BCUT2D eigenvalue weighted by molar-refractivity contribution is 6.06. The van der Waals surface area contributed by atoms with Gasteiger partial charge in [-0.3, -0.25) is 14.7 Å². The van der Waals surface area contributed by atoms with Crippen LogP contribution in [0.15, 0.2) is 24.4 Å². The molecular formula is C18H26N4O2. The number of carbonyl (C=O) groups is 2. The van der Waals surface area contributed by atoms with Crippen molar-refractivity contribution in [3.05, 3.63) is 30.1 Å². The van der Waals surface area contributed by atoms with Crippen LogP contribution in [0.4, 0.5) is 4.79 Å². The summed E-state index contributed by atoms with van der Waals surface area (Å²) in [7, 11) is 0. The van der Waals surface area contributed by atoms with Crippen LogP contribution in [0.25, 0.3) is 0 Å². The van der Waals surface area contributed by atoms with E-state index in [0.717, 1.165) is 5.69 Å². The number of pyridine rings is 1. The molecule has 0 aromatic carbocycles. The summed E-state index contributed by atoms with van der Waals surface area (Å²) in [4.78, 5) is 30.0. The third-order valence-corrected chi connectivity index (χ3v) is 5.02. The molecule has 3 rings (SSSR count). The Kier molecular flexibility index (Phi) is 4.85. The number of aromatic nitrogens is 1. The van der Waals surface area contributed by atoms with Crippen molar-refractivity contribution in [2.75, 3.05) is 13.1 Å². The van der Waals surface area contributed by atoms with E-state index < -0.39 is 5.54 Å². The van der Waals surface area contributed by atoms with Crippen molar-refractivity contribution >= 4 is 11.9 Å². The van der Waals surface area contributed by atoms with Crippen molar-refractivity contribution in [1.82, 2.24) is 20.5 Å². The van der Waals surface area contributed by atoms with Crippen molar-refractivity contribution in [3.8, 4) is 0 Å². The quantitative estimate of drug-likeness (QED) is 0.785. The van der Waals surface area contributed by atoms with Crippen molar-refractivity contribution in [2.24, 2.45) is 5.92 Å². The van der Waals surface area contributed by atoms with E-state index in [2.05, 4.69) is 15.6 Å². The summed E-state index contributed by atoms with van der Waals surface area (Å²) in [5, 5.41) is 6.25. The lowest BCUT2D eigenvalue weighted by Crippen LogP contribution is -2.42. The predicted octanol–water partition coefficient (Wildman–Crippen LogP) is 2.23. The SMILES string of the molecule is CC1(C)NC(=O)N(CCNC(c2ccccn2)C2CCCC2)C1=O. The van der Waals surface area contributed by atoms with Crippen molar-refractivity contribution in [2.45, 2.75) is 51.1 Å². The summed E-state index contributed by atoms with van der Waals surface area (Å²) in [6.45, 7) is 4.42. The van der Waals surface area contributed by atoms with E-state index >= 15 is 0 Å². The number of urea groups is 1. The van der Waals surface area contributed by atoms with Crippen molar-refractivity contribution < 1.29 is 9.59 Å². The molecule has 6 nitrogen and oxygen atoms in total. The van der Waals surface area contributed by atoms with E-state index in [0.29, 0.717) is 19.0 Å². The maximum Gasteiger partial charge on any atom is 0.325 e. The van der Waals surface area contributed by atoms with Gasteiger partial charge in [0.05, 0.1) is 11.7 Å². The number of rotatable bonds is 6. The summed E-state index contributed by atoms with van der Waals surface area (Å²) in [6, 6.07) is 5.85. The standard InChI is InChI=1S/C18H26N4O2/c1-18(2)16(23)22(17(24)21-18)12-11-20-15(13-7-3-4-8-13)14-9-5-6-10-19-14/h5-6,9-10,13,15,20H,3-4,7-8,11-12H2,1-2H3,(H,21,24). The van der Waals surface area contributed by atoms with E-state index in [4.69, 9.17) is 0 Å². The Bertz CT molecular complexity index is 596. The second-order valence-corrected chi connectivity index (χ2v) is 7.24. The van der Waals surface area contributed by atoms with Crippen molar-refractivity contribution in [3.63, 3.8) is 0 Å². The molecule has 24 heavy (non-hydrogen) atoms. The molecule has 2 N–H and O–H groups in total. The minimum atomic E-state index is -0.803. The number of hydrogen-bond acceptors (Lipinski definition) is 4. The second kappa shape index (κ2) is 6.89. The van der Waals surface area contributed by atoms with Crippen LogP contribution < -0.4 is 10.6 Å². The first-order chi connectivity index (χ1) is 11.5. The Labute approximate surface area is 143 Å². The Morgan fingerprint density at radius 1 is 1.33 bits per heavy atom. The average Bonchev–Trinajstić information content (AvgIpc) is 3.14. The van der Waals surface area contributed by atoms with Crippen molar-refractivity contribution in [1.29, 1.82) is 0 Å². The fraction of sp³-hybridized carbons (Fsp3) is 0.611. The molecule has 2 heterocycles. The molecule has 1 aromatic heterocycles. The molecule has 1 atom stereocenters. The molecule has 1 saturated carbocycles. The number of imide groups is 1.